The van der Waals surface area contributed by atoms with Crippen LogP contribution in [-0.4, -0.2) is 8.42 Å². The molecule has 1 aromatic carbocycles. The first kappa shape index (κ1) is 12.8. The summed E-state index contributed by atoms with van der Waals surface area (Å²) in [6, 6.07) is 7.84. The van der Waals surface area contributed by atoms with Crippen molar-refractivity contribution in [3.8, 4) is 0 Å². The highest BCUT2D eigenvalue weighted by molar-refractivity contribution is 9.10. The summed E-state index contributed by atoms with van der Waals surface area (Å²) in [6.45, 7) is 0. The van der Waals surface area contributed by atoms with Crippen LogP contribution in [0.25, 0.3) is 11.0 Å². The molecule has 0 aliphatic carbocycles. The lowest BCUT2D eigenvalue weighted by Gasteiger charge is -1.88. The summed E-state index contributed by atoms with van der Waals surface area (Å²) in [7, 11) is 4.81. The van der Waals surface area contributed by atoms with Crippen LogP contribution in [0.4, 0.5) is 0 Å². The molecule has 2 aromatic rings. The molecule has 2 rings (SSSR count). The molecular formula is C8H5BrCl2O3S. The summed E-state index contributed by atoms with van der Waals surface area (Å²) in [5, 5.41) is 1.13. The summed E-state index contributed by atoms with van der Waals surface area (Å²) in [4.78, 5) is 0. The molecule has 0 fully saturated rings. The summed E-state index contributed by atoms with van der Waals surface area (Å²) in [5.41, 5.74) is 0.925. The molecule has 0 amide bonds. The topological polar surface area (TPSA) is 47.3 Å². The molecular weight excluding hydrogens is 327 g/mol. The summed E-state index contributed by atoms with van der Waals surface area (Å²) in [5.74, 6) is 0. The molecule has 82 valence electrons. The zero-order chi connectivity index (χ0) is 11.5. The fourth-order valence-electron chi connectivity index (χ4n) is 0.957. The third kappa shape index (κ3) is 4.88. The van der Waals surface area contributed by atoms with Crippen molar-refractivity contribution in [2.24, 2.45) is 0 Å². The molecule has 0 saturated carbocycles. The van der Waals surface area contributed by atoms with Crippen molar-refractivity contribution >= 4 is 56.5 Å². The Balaban J connectivity index is 0.000000195. The Morgan fingerprint density at radius 1 is 1.20 bits per heavy atom. The van der Waals surface area contributed by atoms with Gasteiger partial charge in [-0.1, -0.05) is 22.0 Å². The fourth-order valence-corrected chi connectivity index (χ4v) is 1.44. The maximum atomic E-state index is 9.16. The van der Waals surface area contributed by atoms with E-state index in [-0.39, 0.29) is 0 Å². The molecule has 1 aromatic heterocycles. The van der Waals surface area contributed by atoms with E-state index in [0.29, 0.717) is 0 Å². The van der Waals surface area contributed by atoms with Gasteiger partial charge in [0.05, 0.1) is 6.26 Å². The van der Waals surface area contributed by atoms with Crippen LogP contribution in [0.15, 0.2) is 39.4 Å². The highest BCUT2D eigenvalue weighted by Gasteiger charge is 1.97. The van der Waals surface area contributed by atoms with Gasteiger partial charge in [-0.05, 0) is 18.2 Å². The molecule has 0 atom stereocenters. The fraction of sp³-hybridized carbons (Fsp3) is 0. The Kier molecular flexibility index (Phi) is 4.45. The highest BCUT2D eigenvalue weighted by atomic mass is 79.9. The molecule has 0 aliphatic rings. The molecule has 7 heteroatoms. The third-order valence-electron chi connectivity index (χ3n) is 1.44. The van der Waals surface area contributed by atoms with Crippen molar-refractivity contribution in [1.82, 2.24) is 0 Å². The molecule has 0 aliphatic heterocycles. The number of furan rings is 1. The van der Waals surface area contributed by atoms with Crippen molar-refractivity contribution in [2.75, 3.05) is 0 Å². The van der Waals surface area contributed by atoms with Gasteiger partial charge in [-0.2, -0.15) is 8.42 Å². The van der Waals surface area contributed by atoms with Crippen molar-refractivity contribution in [3.05, 3.63) is 35.0 Å². The number of halogens is 3. The molecule has 0 spiro atoms. The Morgan fingerprint density at radius 2 is 1.80 bits per heavy atom. The summed E-state index contributed by atoms with van der Waals surface area (Å²) < 4.78 is 24.6. The van der Waals surface area contributed by atoms with Crippen LogP contribution in [0.1, 0.15) is 0 Å². The van der Waals surface area contributed by atoms with Crippen LogP contribution in [0.2, 0.25) is 0 Å². The van der Waals surface area contributed by atoms with Gasteiger partial charge in [0.1, 0.15) is 5.58 Å². The van der Waals surface area contributed by atoms with Crippen molar-refractivity contribution in [2.45, 2.75) is 0 Å². The lowest BCUT2D eigenvalue weighted by molar-refractivity contribution is 0.616. The van der Waals surface area contributed by atoms with Crippen LogP contribution in [0, 0.1) is 0 Å². The van der Waals surface area contributed by atoms with Gasteiger partial charge in [0.25, 0.3) is 0 Å². The second-order valence-electron chi connectivity index (χ2n) is 2.45. The predicted molar refractivity (Wildman–Crippen MR) is 64.5 cm³/mol. The molecule has 1 heterocycles. The van der Waals surface area contributed by atoms with Gasteiger partial charge in [0, 0.05) is 31.2 Å². The van der Waals surface area contributed by atoms with Gasteiger partial charge in [0.2, 0.25) is 0 Å². The minimum atomic E-state index is -3.72. The molecule has 15 heavy (non-hydrogen) atoms. The zero-order valence-electron chi connectivity index (χ0n) is 7.15. The SMILES string of the molecule is Brc1cccc2occc12.O=S(=O)(Cl)Cl. The van der Waals surface area contributed by atoms with Gasteiger partial charge in [-0.25, -0.2) is 0 Å². The molecule has 3 nitrogen and oxygen atoms in total. The molecule has 0 saturated heterocycles. The number of hydrogen-bond donors (Lipinski definition) is 0. The Labute approximate surface area is 104 Å². The first-order valence-corrected chi connectivity index (χ1v) is 7.57. The van der Waals surface area contributed by atoms with Crippen LogP contribution >= 0.6 is 37.3 Å². The zero-order valence-corrected chi connectivity index (χ0v) is 11.1. The molecule has 0 bridgehead atoms. The smallest absolute Gasteiger partial charge is 0.317 e. The minimum Gasteiger partial charge on any atom is -0.464 e. The molecule has 0 N–H and O–H groups in total. The van der Waals surface area contributed by atoms with Crippen molar-refractivity contribution < 1.29 is 12.8 Å². The predicted octanol–water partition coefficient (Wildman–Crippen LogP) is 3.90. The Hall–Kier alpha value is -0.230. The maximum Gasteiger partial charge on any atom is 0.317 e. The monoisotopic (exact) mass is 330 g/mol. The standard InChI is InChI=1S/C8H5BrO.Cl2O2S/c9-7-2-1-3-8-6(7)4-5-10-8;1-5(2,3)4/h1-5H;. The van der Waals surface area contributed by atoms with E-state index in [1.165, 1.54) is 0 Å². The average molecular weight is 332 g/mol. The summed E-state index contributed by atoms with van der Waals surface area (Å²) >= 11 is 3.42. The van der Waals surface area contributed by atoms with Crippen molar-refractivity contribution in [1.29, 1.82) is 0 Å². The average Bonchev–Trinajstić information content (AvgIpc) is 2.49. The van der Waals surface area contributed by atoms with E-state index >= 15 is 0 Å². The molecule has 0 unspecified atom stereocenters. The van der Waals surface area contributed by atoms with E-state index < -0.39 is 8.26 Å². The second kappa shape index (κ2) is 5.21. The number of hydrogen-bond acceptors (Lipinski definition) is 3. The summed E-state index contributed by atoms with van der Waals surface area (Å²) in [6.07, 6.45) is 1.69. The van der Waals surface area contributed by atoms with Crippen LogP contribution in [-0.2, 0) is 8.26 Å². The quantitative estimate of drug-likeness (QED) is 0.688. The first-order chi connectivity index (χ1) is 6.88. The van der Waals surface area contributed by atoms with Gasteiger partial charge in [-0.15, -0.1) is 0 Å². The molecule has 0 radical (unpaired) electrons. The second-order valence-corrected chi connectivity index (χ2v) is 6.97. The first-order valence-electron chi connectivity index (χ1n) is 3.64. The Morgan fingerprint density at radius 3 is 2.33 bits per heavy atom. The van der Waals surface area contributed by atoms with Crippen LogP contribution < -0.4 is 0 Å². The Bertz CT molecular complexity index is 542. The highest BCUT2D eigenvalue weighted by Crippen LogP contribution is 2.23. The van der Waals surface area contributed by atoms with Crippen LogP contribution in [0.3, 0.4) is 0 Å². The minimum absolute atomic E-state index is 0.925. The van der Waals surface area contributed by atoms with Crippen LogP contribution in [0.5, 0.6) is 0 Å². The normalized spacial score (nSPS) is 10.9. The lowest BCUT2D eigenvalue weighted by Crippen LogP contribution is -1.63. The lowest BCUT2D eigenvalue weighted by atomic mass is 10.3. The van der Waals surface area contributed by atoms with E-state index in [0.717, 1.165) is 15.4 Å². The largest absolute Gasteiger partial charge is 0.464 e. The number of rotatable bonds is 0. The van der Waals surface area contributed by atoms with E-state index in [9.17, 15) is 0 Å². The van der Waals surface area contributed by atoms with Gasteiger partial charge < -0.3 is 4.42 Å². The number of fused-ring (bicyclic) bond motifs is 1. The maximum absolute atomic E-state index is 9.16. The van der Waals surface area contributed by atoms with E-state index in [1.54, 1.807) is 6.26 Å². The van der Waals surface area contributed by atoms with E-state index in [1.807, 2.05) is 24.3 Å². The van der Waals surface area contributed by atoms with E-state index in [2.05, 4.69) is 37.3 Å². The van der Waals surface area contributed by atoms with E-state index in [4.69, 9.17) is 12.8 Å². The van der Waals surface area contributed by atoms with Crippen molar-refractivity contribution in [3.63, 3.8) is 0 Å². The van der Waals surface area contributed by atoms with Gasteiger partial charge in [-0.3, -0.25) is 0 Å². The number of benzene rings is 1. The van der Waals surface area contributed by atoms with Gasteiger partial charge in [0.15, 0.2) is 0 Å². The third-order valence-corrected chi connectivity index (χ3v) is 2.13. The van der Waals surface area contributed by atoms with Gasteiger partial charge >= 0.3 is 8.26 Å².